The fourth-order valence-electron chi connectivity index (χ4n) is 3.60. The third kappa shape index (κ3) is 3.87. The van der Waals surface area contributed by atoms with E-state index < -0.39 is 0 Å². The molecule has 120 valence electrons. The Morgan fingerprint density at radius 1 is 1.23 bits per heavy atom. The summed E-state index contributed by atoms with van der Waals surface area (Å²) in [5, 5.41) is 9.82. The molecule has 2 aliphatic heterocycles. The van der Waals surface area contributed by atoms with E-state index in [0.29, 0.717) is 24.8 Å². The number of nitrogens with one attached hydrogen (secondary N) is 3. The number of hydrogen-bond donors (Lipinski definition) is 3. The molecule has 4 heteroatoms. The van der Waals surface area contributed by atoms with Crippen molar-refractivity contribution in [3.8, 4) is 0 Å². The van der Waals surface area contributed by atoms with Crippen molar-refractivity contribution in [3.05, 3.63) is 34.9 Å². The van der Waals surface area contributed by atoms with Crippen LogP contribution in [0.5, 0.6) is 0 Å². The summed E-state index contributed by atoms with van der Waals surface area (Å²) in [6.45, 7) is 6.97. The molecule has 0 saturated carbocycles. The number of rotatable bonds is 5. The van der Waals surface area contributed by atoms with Crippen molar-refractivity contribution in [2.75, 3.05) is 13.1 Å². The monoisotopic (exact) mass is 301 g/mol. The Labute approximate surface area is 133 Å². The summed E-state index contributed by atoms with van der Waals surface area (Å²) in [6, 6.07) is 6.52. The van der Waals surface area contributed by atoms with E-state index in [0.717, 1.165) is 26.2 Å². The van der Waals surface area contributed by atoms with Crippen molar-refractivity contribution < 1.29 is 4.79 Å². The lowest BCUT2D eigenvalue weighted by atomic mass is 9.84. The fourth-order valence-corrected chi connectivity index (χ4v) is 3.60. The summed E-state index contributed by atoms with van der Waals surface area (Å²) < 4.78 is 0. The minimum absolute atomic E-state index is 0.185. The molecule has 3 rings (SSSR count). The second kappa shape index (κ2) is 7.25. The van der Waals surface area contributed by atoms with Gasteiger partial charge in [-0.2, -0.15) is 0 Å². The molecule has 1 unspecified atom stereocenters. The van der Waals surface area contributed by atoms with Crippen molar-refractivity contribution in [1.29, 1.82) is 0 Å². The Morgan fingerprint density at radius 2 is 2.00 bits per heavy atom. The number of carbonyl (C=O) groups is 1. The second-order valence-electron chi connectivity index (χ2n) is 6.75. The Kier molecular flexibility index (Phi) is 5.11. The second-order valence-corrected chi connectivity index (χ2v) is 6.75. The first-order valence-corrected chi connectivity index (χ1v) is 8.51. The highest BCUT2D eigenvalue weighted by molar-refractivity contribution is 5.76. The highest BCUT2D eigenvalue weighted by Gasteiger charge is 2.21. The van der Waals surface area contributed by atoms with Gasteiger partial charge < -0.3 is 16.0 Å². The van der Waals surface area contributed by atoms with Crippen LogP contribution in [0.15, 0.2) is 18.2 Å². The molecule has 4 nitrogen and oxygen atoms in total. The molecule has 1 aromatic carbocycles. The molecule has 0 bridgehead atoms. The summed E-state index contributed by atoms with van der Waals surface area (Å²) in [5.41, 5.74) is 3.95. The largest absolute Gasteiger partial charge is 0.352 e. The average molecular weight is 301 g/mol. The maximum atomic E-state index is 12.2. The molecule has 0 spiro atoms. The normalized spacial score (nSPS) is 19.7. The molecule has 0 aromatic heterocycles. The van der Waals surface area contributed by atoms with E-state index >= 15 is 0 Å². The van der Waals surface area contributed by atoms with Crippen LogP contribution in [0, 0.1) is 11.8 Å². The molecule has 3 N–H and O–H groups in total. The minimum atomic E-state index is 0.185. The number of piperidine rings is 1. The van der Waals surface area contributed by atoms with E-state index in [1.54, 1.807) is 0 Å². The first kappa shape index (κ1) is 15.5. The molecule has 1 fully saturated rings. The summed E-state index contributed by atoms with van der Waals surface area (Å²) in [6.07, 6.45) is 3.05. The summed E-state index contributed by atoms with van der Waals surface area (Å²) >= 11 is 0. The molecule has 1 saturated heterocycles. The maximum Gasteiger partial charge on any atom is 0.220 e. The molecule has 2 aliphatic rings. The molecule has 1 amide bonds. The van der Waals surface area contributed by atoms with Crippen LogP contribution in [0.4, 0.5) is 0 Å². The topological polar surface area (TPSA) is 53.2 Å². The van der Waals surface area contributed by atoms with Crippen LogP contribution >= 0.6 is 0 Å². The van der Waals surface area contributed by atoms with Gasteiger partial charge in [0.15, 0.2) is 0 Å². The van der Waals surface area contributed by atoms with Gasteiger partial charge in [0.2, 0.25) is 5.91 Å². The number of amides is 1. The van der Waals surface area contributed by atoms with Crippen molar-refractivity contribution in [3.63, 3.8) is 0 Å². The Bertz CT molecular complexity index is 523. The highest BCUT2D eigenvalue weighted by Crippen LogP contribution is 2.24. The zero-order valence-corrected chi connectivity index (χ0v) is 13.5. The Balaban J connectivity index is 1.45. The first-order chi connectivity index (χ1) is 10.7. The summed E-state index contributed by atoms with van der Waals surface area (Å²) in [5.74, 6) is 1.36. The van der Waals surface area contributed by atoms with E-state index in [2.05, 4.69) is 41.1 Å². The van der Waals surface area contributed by atoms with Crippen molar-refractivity contribution >= 4 is 5.91 Å². The molecule has 2 heterocycles. The van der Waals surface area contributed by atoms with Crippen LogP contribution < -0.4 is 16.0 Å². The molecule has 22 heavy (non-hydrogen) atoms. The van der Waals surface area contributed by atoms with Crippen LogP contribution in [0.25, 0.3) is 0 Å². The van der Waals surface area contributed by atoms with Crippen molar-refractivity contribution in [2.45, 2.75) is 45.8 Å². The average Bonchev–Trinajstić information content (AvgIpc) is 3.01. The van der Waals surface area contributed by atoms with Gasteiger partial charge in [-0.25, -0.2) is 0 Å². The van der Waals surface area contributed by atoms with Gasteiger partial charge in [0.05, 0.1) is 0 Å². The Morgan fingerprint density at radius 3 is 2.82 bits per heavy atom. The van der Waals surface area contributed by atoms with Crippen molar-refractivity contribution in [2.24, 2.45) is 11.8 Å². The zero-order valence-electron chi connectivity index (χ0n) is 13.5. The quantitative estimate of drug-likeness (QED) is 0.779. The van der Waals surface area contributed by atoms with Crippen LogP contribution in [-0.4, -0.2) is 19.0 Å². The van der Waals surface area contributed by atoms with Crippen LogP contribution in [0.3, 0.4) is 0 Å². The molecular formula is C18H27N3O. The molecule has 0 aliphatic carbocycles. The zero-order chi connectivity index (χ0) is 15.4. The number of carbonyl (C=O) groups excluding carboxylic acids is 1. The number of fused-ring (bicyclic) bond motifs is 1. The maximum absolute atomic E-state index is 12.2. The molecule has 1 atom stereocenters. The van der Waals surface area contributed by atoms with E-state index in [1.165, 1.54) is 29.5 Å². The van der Waals surface area contributed by atoms with E-state index in [9.17, 15) is 4.79 Å². The van der Waals surface area contributed by atoms with Gasteiger partial charge in [-0.3, -0.25) is 4.79 Å². The lowest BCUT2D eigenvalue weighted by Gasteiger charge is -2.27. The smallest absolute Gasteiger partial charge is 0.220 e. The van der Waals surface area contributed by atoms with E-state index in [4.69, 9.17) is 0 Å². The first-order valence-electron chi connectivity index (χ1n) is 8.51. The predicted octanol–water partition coefficient (Wildman–Crippen LogP) is 1.93. The lowest BCUT2D eigenvalue weighted by molar-refractivity contribution is -0.122. The molecule has 0 radical (unpaired) electrons. The number of benzene rings is 1. The standard InChI is InChI=1S/C18H27N3O/c1-13(15-4-6-19-7-5-15)8-18(22)21-10-14-2-3-16-11-20-12-17(16)9-14/h2-3,9,13,15,19-20H,4-8,10-12H2,1H3,(H,21,22). The SMILES string of the molecule is CC(CC(=O)NCc1ccc2c(c1)CNC2)C1CCNCC1. The van der Waals surface area contributed by atoms with Crippen LogP contribution in [0.2, 0.25) is 0 Å². The third-order valence-electron chi connectivity index (χ3n) is 5.09. The fraction of sp³-hybridized carbons (Fsp3) is 0.611. The third-order valence-corrected chi connectivity index (χ3v) is 5.09. The van der Waals surface area contributed by atoms with E-state index in [-0.39, 0.29) is 5.91 Å². The van der Waals surface area contributed by atoms with Crippen LogP contribution in [-0.2, 0) is 24.4 Å². The minimum Gasteiger partial charge on any atom is -0.352 e. The highest BCUT2D eigenvalue weighted by atomic mass is 16.1. The van der Waals surface area contributed by atoms with Gasteiger partial charge >= 0.3 is 0 Å². The Hall–Kier alpha value is -1.39. The molecular weight excluding hydrogens is 274 g/mol. The number of hydrogen-bond acceptors (Lipinski definition) is 3. The van der Waals surface area contributed by atoms with Gasteiger partial charge in [-0.1, -0.05) is 25.1 Å². The van der Waals surface area contributed by atoms with Crippen LogP contribution in [0.1, 0.15) is 42.9 Å². The predicted molar refractivity (Wildman–Crippen MR) is 88.2 cm³/mol. The molecule has 1 aromatic rings. The summed E-state index contributed by atoms with van der Waals surface area (Å²) in [7, 11) is 0. The summed E-state index contributed by atoms with van der Waals surface area (Å²) in [4.78, 5) is 12.2. The lowest BCUT2D eigenvalue weighted by Crippen LogP contribution is -2.33. The van der Waals surface area contributed by atoms with Gasteiger partial charge in [-0.15, -0.1) is 0 Å². The van der Waals surface area contributed by atoms with E-state index in [1.807, 2.05) is 0 Å². The van der Waals surface area contributed by atoms with Crippen molar-refractivity contribution in [1.82, 2.24) is 16.0 Å². The van der Waals surface area contributed by atoms with Gasteiger partial charge in [0, 0.05) is 26.1 Å². The van der Waals surface area contributed by atoms with Gasteiger partial charge in [-0.05, 0) is 54.5 Å². The van der Waals surface area contributed by atoms with Gasteiger partial charge in [0.25, 0.3) is 0 Å². The van der Waals surface area contributed by atoms with Gasteiger partial charge in [0.1, 0.15) is 0 Å².